The van der Waals surface area contributed by atoms with Crippen LogP contribution in [0.1, 0.15) is 31.2 Å². The highest BCUT2D eigenvalue weighted by atomic mass is 19.1. The van der Waals surface area contributed by atoms with Crippen molar-refractivity contribution in [2.75, 3.05) is 5.32 Å². The number of hydrogen-bond acceptors (Lipinski definition) is 3. The van der Waals surface area contributed by atoms with Crippen LogP contribution in [0.3, 0.4) is 0 Å². The molecule has 1 aliphatic rings. The number of aliphatic hydroxyl groups excluding tert-OH is 1. The molecule has 0 bridgehead atoms. The number of hydrogen-bond donors (Lipinski definition) is 2. The van der Waals surface area contributed by atoms with Gasteiger partial charge in [-0.15, -0.1) is 0 Å². The molecule has 1 aliphatic carbocycles. The Labute approximate surface area is 99.9 Å². The molecule has 0 radical (unpaired) electrons. The lowest BCUT2D eigenvalue weighted by molar-refractivity contribution is 0.116. The fourth-order valence-electron chi connectivity index (χ4n) is 2.21. The Hall–Kier alpha value is -1.60. The Morgan fingerprint density at radius 2 is 2.12 bits per heavy atom. The highest BCUT2D eigenvalue weighted by Crippen LogP contribution is 2.24. The average molecular weight is 234 g/mol. The summed E-state index contributed by atoms with van der Waals surface area (Å²) in [5.74, 6) is -0.420. The lowest BCUT2D eigenvalue weighted by Gasteiger charge is -2.29. The number of benzene rings is 1. The minimum atomic E-state index is -0.420. The first kappa shape index (κ1) is 11.9. The zero-order chi connectivity index (χ0) is 12.3. The third-order valence-electron chi connectivity index (χ3n) is 3.17. The van der Waals surface area contributed by atoms with Crippen molar-refractivity contribution in [3.05, 3.63) is 29.6 Å². The Morgan fingerprint density at radius 3 is 2.82 bits per heavy atom. The van der Waals surface area contributed by atoms with Gasteiger partial charge in [0.1, 0.15) is 11.9 Å². The molecule has 2 N–H and O–H groups in total. The van der Waals surface area contributed by atoms with Gasteiger partial charge in [-0.2, -0.15) is 5.26 Å². The van der Waals surface area contributed by atoms with Gasteiger partial charge < -0.3 is 10.4 Å². The molecule has 2 atom stereocenters. The second kappa shape index (κ2) is 5.15. The van der Waals surface area contributed by atoms with E-state index in [4.69, 9.17) is 5.26 Å². The molecule has 0 amide bonds. The summed E-state index contributed by atoms with van der Waals surface area (Å²) in [4.78, 5) is 0. The maximum atomic E-state index is 13.0. The van der Waals surface area contributed by atoms with Gasteiger partial charge in [0.05, 0.1) is 23.4 Å². The summed E-state index contributed by atoms with van der Waals surface area (Å²) in [5.41, 5.74) is 0.877. The first-order valence-electron chi connectivity index (χ1n) is 5.85. The lowest BCUT2D eigenvalue weighted by atomic mass is 9.92. The van der Waals surface area contributed by atoms with E-state index in [0.717, 1.165) is 25.7 Å². The van der Waals surface area contributed by atoms with Crippen LogP contribution in [0.2, 0.25) is 0 Å². The van der Waals surface area contributed by atoms with E-state index >= 15 is 0 Å². The van der Waals surface area contributed by atoms with Gasteiger partial charge >= 0.3 is 0 Å². The maximum Gasteiger partial charge on any atom is 0.124 e. The van der Waals surface area contributed by atoms with E-state index in [-0.39, 0.29) is 17.7 Å². The molecule has 0 aromatic heterocycles. The summed E-state index contributed by atoms with van der Waals surface area (Å²) in [6.45, 7) is 0. The zero-order valence-corrected chi connectivity index (χ0v) is 9.49. The molecule has 2 rings (SSSR count). The van der Waals surface area contributed by atoms with E-state index < -0.39 is 5.82 Å². The van der Waals surface area contributed by atoms with Crippen molar-refractivity contribution in [1.29, 1.82) is 5.26 Å². The molecular formula is C13H15FN2O. The van der Waals surface area contributed by atoms with Crippen LogP contribution in [0, 0.1) is 17.1 Å². The standard InChI is InChI=1S/C13H15FN2O/c14-10-5-6-11(9(7-10)8-15)16-12-3-1-2-4-13(12)17/h5-7,12-13,16-17H,1-4H2/t12-,13-/m1/s1. The van der Waals surface area contributed by atoms with Crippen molar-refractivity contribution < 1.29 is 9.50 Å². The van der Waals surface area contributed by atoms with Crippen LogP contribution in [0.25, 0.3) is 0 Å². The normalized spacial score (nSPS) is 24.1. The minimum absolute atomic E-state index is 0.0405. The van der Waals surface area contributed by atoms with E-state index in [9.17, 15) is 9.50 Å². The van der Waals surface area contributed by atoms with Crippen LogP contribution in [0.4, 0.5) is 10.1 Å². The highest BCUT2D eigenvalue weighted by molar-refractivity contribution is 5.58. The summed E-state index contributed by atoms with van der Waals surface area (Å²) < 4.78 is 13.0. The second-order valence-electron chi connectivity index (χ2n) is 4.40. The van der Waals surface area contributed by atoms with Crippen molar-refractivity contribution >= 4 is 5.69 Å². The van der Waals surface area contributed by atoms with Gasteiger partial charge in [0.15, 0.2) is 0 Å². The topological polar surface area (TPSA) is 56.0 Å². The lowest BCUT2D eigenvalue weighted by Crippen LogP contribution is -2.36. The molecule has 0 spiro atoms. The molecule has 3 nitrogen and oxygen atoms in total. The first-order valence-corrected chi connectivity index (χ1v) is 5.85. The van der Waals surface area contributed by atoms with E-state index in [0.29, 0.717) is 5.69 Å². The predicted molar refractivity (Wildman–Crippen MR) is 63.0 cm³/mol. The second-order valence-corrected chi connectivity index (χ2v) is 4.40. The number of halogens is 1. The largest absolute Gasteiger partial charge is 0.391 e. The zero-order valence-electron chi connectivity index (χ0n) is 9.49. The average Bonchev–Trinajstić information content (AvgIpc) is 2.34. The van der Waals surface area contributed by atoms with Crippen LogP contribution in [0.5, 0.6) is 0 Å². The van der Waals surface area contributed by atoms with E-state index in [1.165, 1.54) is 12.1 Å². The highest BCUT2D eigenvalue weighted by Gasteiger charge is 2.23. The molecule has 1 aromatic carbocycles. The number of rotatable bonds is 2. The summed E-state index contributed by atoms with van der Waals surface area (Å²) in [7, 11) is 0. The quantitative estimate of drug-likeness (QED) is 0.826. The van der Waals surface area contributed by atoms with Crippen molar-refractivity contribution in [1.82, 2.24) is 0 Å². The molecule has 1 saturated carbocycles. The molecule has 1 fully saturated rings. The molecule has 1 aromatic rings. The van der Waals surface area contributed by atoms with E-state index in [1.54, 1.807) is 6.07 Å². The molecule has 0 saturated heterocycles. The Kier molecular flexibility index (Phi) is 3.60. The Balaban J connectivity index is 2.15. The molecule has 0 aliphatic heterocycles. The van der Waals surface area contributed by atoms with Gasteiger partial charge in [-0.3, -0.25) is 0 Å². The van der Waals surface area contributed by atoms with Gasteiger partial charge in [0.25, 0.3) is 0 Å². The molecule has 4 heteroatoms. The van der Waals surface area contributed by atoms with Gasteiger partial charge in [0, 0.05) is 0 Å². The Morgan fingerprint density at radius 1 is 1.35 bits per heavy atom. The van der Waals surface area contributed by atoms with Crippen LogP contribution in [-0.4, -0.2) is 17.3 Å². The van der Waals surface area contributed by atoms with Crippen molar-refractivity contribution in [2.45, 2.75) is 37.8 Å². The van der Waals surface area contributed by atoms with Crippen LogP contribution in [0.15, 0.2) is 18.2 Å². The predicted octanol–water partition coefficient (Wildman–Crippen LogP) is 2.41. The van der Waals surface area contributed by atoms with Gasteiger partial charge in [-0.05, 0) is 31.0 Å². The summed E-state index contributed by atoms with van der Waals surface area (Å²) in [5, 5.41) is 21.9. The molecule has 0 heterocycles. The monoisotopic (exact) mass is 234 g/mol. The third kappa shape index (κ3) is 2.75. The maximum absolute atomic E-state index is 13.0. The van der Waals surface area contributed by atoms with Gasteiger partial charge in [0.2, 0.25) is 0 Å². The SMILES string of the molecule is N#Cc1cc(F)ccc1N[C@@H]1CCCC[C@H]1O. The number of aliphatic hydroxyl groups is 1. The van der Waals surface area contributed by atoms with Gasteiger partial charge in [-0.1, -0.05) is 12.8 Å². The number of nitrogens with one attached hydrogen (secondary N) is 1. The minimum Gasteiger partial charge on any atom is -0.391 e. The van der Waals surface area contributed by atoms with Crippen LogP contribution in [-0.2, 0) is 0 Å². The van der Waals surface area contributed by atoms with Gasteiger partial charge in [-0.25, -0.2) is 4.39 Å². The molecular weight excluding hydrogens is 219 g/mol. The molecule has 0 unspecified atom stereocenters. The van der Waals surface area contributed by atoms with Crippen molar-refractivity contribution in [3.63, 3.8) is 0 Å². The van der Waals surface area contributed by atoms with Crippen LogP contribution < -0.4 is 5.32 Å². The summed E-state index contributed by atoms with van der Waals surface area (Å²) in [6, 6.07) is 5.99. The van der Waals surface area contributed by atoms with Crippen LogP contribution >= 0.6 is 0 Å². The van der Waals surface area contributed by atoms with E-state index in [2.05, 4.69) is 5.32 Å². The summed E-state index contributed by atoms with van der Waals surface area (Å²) in [6.07, 6.45) is 3.37. The molecule has 17 heavy (non-hydrogen) atoms. The Bertz CT molecular complexity index is 442. The van der Waals surface area contributed by atoms with Crippen molar-refractivity contribution in [2.24, 2.45) is 0 Å². The first-order chi connectivity index (χ1) is 8.20. The van der Waals surface area contributed by atoms with Crippen molar-refractivity contribution in [3.8, 4) is 6.07 Å². The van der Waals surface area contributed by atoms with E-state index in [1.807, 2.05) is 6.07 Å². The number of nitriles is 1. The smallest absolute Gasteiger partial charge is 0.124 e. The molecule has 90 valence electrons. The number of nitrogens with zero attached hydrogens (tertiary/aromatic N) is 1. The number of anilines is 1. The fraction of sp³-hybridized carbons (Fsp3) is 0.462. The summed E-state index contributed by atoms with van der Waals surface area (Å²) >= 11 is 0. The fourth-order valence-corrected chi connectivity index (χ4v) is 2.21. The third-order valence-corrected chi connectivity index (χ3v) is 3.17.